The maximum absolute atomic E-state index is 8.65. The number of nitrogens with two attached hydrogens (primary N) is 2. The molecule has 82 valence electrons. The fraction of sp³-hybridized carbons (Fsp3) is 0.333. The van der Waals surface area contributed by atoms with Gasteiger partial charge in [-0.3, -0.25) is 0 Å². The molecule has 5 heteroatoms. The van der Waals surface area contributed by atoms with Crippen molar-refractivity contribution in [1.29, 1.82) is 0 Å². The highest BCUT2D eigenvalue weighted by Crippen LogP contribution is 2.14. The summed E-state index contributed by atoms with van der Waals surface area (Å²) in [6, 6.07) is 7.31. The highest BCUT2D eigenvalue weighted by Gasteiger charge is 2.03. The van der Waals surface area contributed by atoms with Crippen LogP contribution in [0.25, 0.3) is 0 Å². The van der Waals surface area contributed by atoms with Crippen molar-refractivity contribution in [3.05, 3.63) is 29.8 Å². The van der Waals surface area contributed by atoms with Crippen molar-refractivity contribution < 1.29 is 5.11 Å². The zero-order valence-electron chi connectivity index (χ0n) is 7.72. The molecule has 0 aromatic heterocycles. The molecule has 0 radical (unpaired) electrons. The Morgan fingerprint density at radius 1 is 1.14 bits per heavy atom. The van der Waals surface area contributed by atoms with Gasteiger partial charge in [0.2, 0.25) is 0 Å². The summed E-state index contributed by atoms with van der Waals surface area (Å²) >= 11 is 0. The van der Waals surface area contributed by atoms with Gasteiger partial charge in [-0.2, -0.15) is 0 Å². The van der Waals surface area contributed by atoms with Gasteiger partial charge in [-0.15, -0.1) is 24.8 Å². The molecule has 0 saturated heterocycles. The van der Waals surface area contributed by atoms with Crippen LogP contribution >= 0.6 is 24.8 Å². The van der Waals surface area contributed by atoms with Gasteiger partial charge < -0.3 is 16.6 Å². The molecule has 0 aliphatic rings. The third-order valence-corrected chi connectivity index (χ3v) is 1.80. The first-order valence-corrected chi connectivity index (χ1v) is 3.96. The highest BCUT2D eigenvalue weighted by molar-refractivity contribution is 5.85. The Morgan fingerprint density at radius 3 is 2.07 bits per heavy atom. The average Bonchev–Trinajstić information content (AvgIpc) is 2.06. The molecule has 0 bridgehead atoms. The summed E-state index contributed by atoms with van der Waals surface area (Å²) < 4.78 is 0. The first-order valence-electron chi connectivity index (χ1n) is 3.96. The molecule has 14 heavy (non-hydrogen) atoms. The lowest BCUT2D eigenvalue weighted by molar-refractivity contribution is 0.276. The number of halogens is 2. The Labute approximate surface area is 96.3 Å². The van der Waals surface area contributed by atoms with E-state index in [9.17, 15) is 0 Å². The van der Waals surface area contributed by atoms with Gasteiger partial charge in [0.25, 0.3) is 0 Å². The van der Waals surface area contributed by atoms with Crippen LogP contribution in [0.4, 0.5) is 5.69 Å². The van der Waals surface area contributed by atoms with Crippen LogP contribution in [0, 0.1) is 0 Å². The normalized spacial score (nSPS) is 11.0. The Kier molecular flexibility index (Phi) is 8.99. The van der Waals surface area contributed by atoms with E-state index in [1.165, 1.54) is 0 Å². The van der Waals surface area contributed by atoms with Gasteiger partial charge in [-0.25, -0.2) is 0 Å². The molecule has 0 saturated carbocycles. The third-order valence-electron chi connectivity index (χ3n) is 1.80. The fourth-order valence-electron chi connectivity index (χ4n) is 1.05. The van der Waals surface area contributed by atoms with E-state index in [0.29, 0.717) is 6.42 Å². The minimum atomic E-state index is -0.0874. The van der Waals surface area contributed by atoms with Gasteiger partial charge in [-0.05, 0) is 24.1 Å². The molecule has 5 N–H and O–H groups in total. The summed E-state index contributed by atoms with van der Waals surface area (Å²) in [6.45, 7) is 0.117. The first kappa shape index (κ1) is 16.0. The zero-order valence-corrected chi connectivity index (χ0v) is 9.35. The van der Waals surface area contributed by atoms with Crippen molar-refractivity contribution in [1.82, 2.24) is 0 Å². The van der Waals surface area contributed by atoms with Crippen LogP contribution in [0.1, 0.15) is 18.0 Å². The predicted molar refractivity (Wildman–Crippen MR) is 64.0 cm³/mol. The second-order valence-corrected chi connectivity index (χ2v) is 2.79. The zero-order chi connectivity index (χ0) is 8.97. The molecule has 1 aromatic rings. The molecule has 0 aliphatic heterocycles. The Bertz CT molecular complexity index is 241. The van der Waals surface area contributed by atoms with E-state index in [-0.39, 0.29) is 37.5 Å². The maximum Gasteiger partial charge on any atom is 0.0449 e. The minimum Gasteiger partial charge on any atom is -0.399 e. The quantitative estimate of drug-likeness (QED) is 0.700. The standard InChI is InChI=1S/C9H14N2O.2ClH/c10-8-3-1-7(2-4-8)9(11)5-6-12;;/h1-4,9,12H,5-6,10-11H2;2*1H. The molecule has 1 aromatic carbocycles. The van der Waals surface area contributed by atoms with E-state index < -0.39 is 0 Å². The van der Waals surface area contributed by atoms with Gasteiger partial charge >= 0.3 is 0 Å². The number of benzene rings is 1. The van der Waals surface area contributed by atoms with E-state index in [4.69, 9.17) is 16.6 Å². The van der Waals surface area contributed by atoms with Crippen molar-refractivity contribution in [2.45, 2.75) is 12.5 Å². The summed E-state index contributed by atoms with van der Waals surface area (Å²) in [4.78, 5) is 0. The number of anilines is 1. The summed E-state index contributed by atoms with van der Waals surface area (Å²) in [5.74, 6) is 0. The number of aliphatic hydroxyl groups excluding tert-OH is 1. The van der Waals surface area contributed by atoms with E-state index in [1.54, 1.807) is 0 Å². The Balaban J connectivity index is 0. The number of aliphatic hydroxyl groups is 1. The SMILES string of the molecule is Cl.Cl.Nc1ccc(C(N)CCO)cc1. The molecular weight excluding hydrogens is 223 g/mol. The largest absolute Gasteiger partial charge is 0.399 e. The van der Waals surface area contributed by atoms with Gasteiger partial charge in [0.1, 0.15) is 0 Å². The summed E-state index contributed by atoms with van der Waals surface area (Å²) in [5.41, 5.74) is 13.0. The van der Waals surface area contributed by atoms with E-state index in [1.807, 2.05) is 24.3 Å². The first-order chi connectivity index (χ1) is 5.74. The van der Waals surface area contributed by atoms with Crippen LogP contribution in [0.2, 0.25) is 0 Å². The van der Waals surface area contributed by atoms with Crippen LogP contribution in [0.15, 0.2) is 24.3 Å². The van der Waals surface area contributed by atoms with Crippen molar-refractivity contribution in [3.63, 3.8) is 0 Å². The highest BCUT2D eigenvalue weighted by atomic mass is 35.5. The second kappa shape index (κ2) is 7.88. The topological polar surface area (TPSA) is 72.3 Å². The lowest BCUT2D eigenvalue weighted by Crippen LogP contribution is -2.11. The van der Waals surface area contributed by atoms with Crippen molar-refractivity contribution in [2.24, 2.45) is 5.73 Å². The number of rotatable bonds is 3. The fourth-order valence-corrected chi connectivity index (χ4v) is 1.05. The summed E-state index contributed by atoms with van der Waals surface area (Å²) in [5, 5.41) is 8.65. The number of hydrogen-bond acceptors (Lipinski definition) is 3. The van der Waals surface area contributed by atoms with Crippen LogP contribution < -0.4 is 11.5 Å². The molecule has 0 heterocycles. The van der Waals surface area contributed by atoms with Crippen LogP contribution in [0.3, 0.4) is 0 Å². The predicted octanol–water partition coefficient (Wildman–Crippen LogP) is 1.49. The van der Waals surface area contributed by atoms with E-state index >= 15 is 0 Å². The van der Waals surface area contributed by atoms with Gasteiger partial charge in [-0.1, -0.05) is 12.1 Å². The Hall–Kier alpha value is -0.480. The summed E-state index contributed by atoms with van der Waals surface area (Å²) in [7, 11) is 0. The molecule has 1 unspecified atom stereocenters. The van der Waals surface area contributed by atoms with Crippen LogP contribution in [0.5, 0.6) is 0 Å². The number of nitrogen functional groups attached to an aromatic ring is 1. The van der Waals surface area contributed by atoms with Crippen LogP contribution in [-0.4, -0.2) is 11.7 Å². The molecule has 0 aliphatic carbocycles. The van der Waals surface area contributed by atoms with Crippen molar-refractivity contribution >= 4 is 30.5 Å². The second-order valence-electron chi connectivity index (χ2n) is 2.79. The smallest absolute Gasteiger partial charge is 0.0449 e. The van der Waals surface area contributed by atoms with Crippen molar-refractivity contribution in [2.75, 3.05) is 12.3 Å². The van der Waals surface area contributed by atoms with E-state index in [2.05, 4.69) is 0 Å². The lowest BCUT2D eigenvalue weighted by Gasteiger charge is -2.09. The minimum absolute atomic E-state index is 0. The average molecular weight is 239 g/mol. The molecule has 3 nitrogen and oxygen atoms in total. The lowest BCUT2D eigenvalue weighted by atomic mass is 10.1. The number of hydrogen-bond donors (Lipinski definition) is 3. The Morgan fingerprint density at radius 2 is 1.64 bits per heavy atom. The summed E-state index contributed by atoms with van der Waals surface area (Å²) in [6.07, 6.45) is 0.587. The molecule has 0 spiro atoms. The molecule has 1 atom stereocenters. The van der Waals surface area contributed by atoms with E-state index in [0.717, 1.165) is 11.3 Å². The van der Waals surface area contributed by atoms with Gasteiger partial charge in [0.15, 0.2) is 0 Å². The monoisotopic (exact) mass is 238 g/mol. The third kappa shape index (κ3) is 4.67. The van der Waals surface area contributed by atoms with Gasteiger partial charge in [0.05, 0.1) is 0 Å². The molecule has 0 amide bonds. The van der Waals surface area contributed by atoms with Gasteiger partial charge in [0, 0.05) is 18.3 Å². The maximum atomic E-state index is 8.65. The molecular formula is C9H16Cl2N2O. The molecule has 1 rings (SSSR count). The van der Waals surface area contributed by atoms with Crippen molar-refractivity contribution in [3.8, 4) is 0 Å². The molecule has 0 fully saturated rings. The van der Waals surface area contributed by atoms with Crippen LogP contribution in [-0.2, 0) is 0 Å².